The molecule has 0 saturated carbocycles. The summed E-state index contributed by atoms with van der Waals surface area (Å²) in [6, 6.07) is 0.489. The van der Waals surface area contributed by atoms with E-state index in [9.17, 15) is 9.59 Å². The van der Waals surface area contributed by atoms with Crippen LogP contribution < -0.4 is 11.1 Å². The molecule has 6 nitrogen and oxygen atoms in total. The van der Waals surface area contributed by atoms with E-state index in [0.717, 1.165) is 45.2 Å². The minimum absolute atomic E-state index is 0.0101. The van der Waals surface area contributed by atoms with E-state index in [-0.39, 0.29) is 5.97 Å². The molecule has 0 spiro atoms. The number of carboxylic acids is 1. The summed E-state index contributed by atoms with van der Waals surface area (Å²) in [6.07, 6.45) is 58.5. The fourth-order valence-corrected chi connectivity index (χ4v) is 8.17. The van der Waals surface area contributed by atoms with Crippen molar-refractivity contribution in [1.82, 2.24) is 5.32 Å². The Morgan fingerprint density at radius 3 is 1.28 bits per heavy atom. The third-order valence-corrected chi connectivity index (χ3v) is 12.1. The summed E-state index contributed by atoms with van der Waals surface area (Å²) >= 11 is 0. The number of esters is 1. The van der Waals surface area contributed by atoms with E-state index >= 15 is 0 Å². The van der Waals surface area contributed by atoms with E-state index in [1.165, 1.54) is 231 Å². The standard InChI is InChI=1S/C52H102N2O4/c1-2-3-4-5-6-7-8-9-10-11-18-23-28-33-38-43-48-58-52(57)46-41-36-31-26-21-16-13-17-22-27-32-37-42-47-54-50(49-53)44-39-34-29-24-19-14-12-15-20-25-30-35-40-45-51(55)56/h9-10,50,54H,2-8,11-49,53H2,1H3,(H,55,56)/b10-9-. The van der Waals surface area contributed by atoms with Crippen LogP contribution in [0.1, 0.15) is 283 Å². The van der Waals surface area contributed by atoms with Gasteiger partial charge in [-0.05, 0) is 64.3 Å². The van der Waals surface area contributed by atoms with E-state index in [1.807, 2.05) is 0 Å². The van der Waals surface area contributed by atoms with Crippen molar-refractivity contribution in [3.63, 3.8) is 0 Å². The molecular weight excluding hydrogens is 717 g/mol. The lowest BCUT2D eigenvalue weighted by Crippen LogP contribution is -2.36. The average Bonchev–Trinajstić information content (AvgIpc) is 3.22. The molecule has 1 atom stereocenters. The molecule has 0 fully saturated rings. The summed E-state index contributed by atoms with van der Waals surface area (Å²) in [4.78, 5) is 22.6. The summed E-state index contributed by atoms with van der Waals surface area (Å²) in [7, 11) is 0. The van der Waals surface area contributed by atoms with E-state index in [0.29, 0.717) is 25.5 Å². The van der Waals surface area contributed by atoms with Crippen molar-refractivity contribution in [1.29, 1.82) is 0 Å². The average molecular weight is 819 g/mol. The molecular formula is C52H102N2O4. The second-order valence-electron chi connectivity index (χ2n) is 17.9. The van der Waals surface area contributed by atoms with Crippen LogP contribution >= 0.6 is 0 Å². The van der Waals surface area contributed by atoms with Crippen LogP contribution in [-0.4, -0.2) is 42.8 Å². The largest absolute Gasteiger partial charge is 0.481 e. The first-order valence-corrected chi connectivity index (χ1v) is 26.1. The molecule has 58 heavy (non-hydrogen) atoms. The highest BCUT2D eigenvalue weighted by atomic mass is 16.5. The lowest BCUT2D eigenvalue weighted by Gasteiger charge is -2.16. The zero-order valence-corrected chi connectivity index (χ0v) is 39.0. The predicted molar refractivity (Wildman–Crippen MR) is 253 cm³/mol. The fraction of sp³-hybridized carbons (Fsp3) is 0.923. The zero-order valence-electron chi connectivity index (χ0n) is 39.0. The highest BCUT2D eigenvalue weighted by Gasteiger charge is 2.06. The zero-order chi connectivity index (χ0) is 42.1. The topological polar surface area (TPSA) is 102 Å². The lowest BCUT2D eigenvalue weighted by atomic mass is 10.0. The molecule has 6 heteroatoms. The van der Waals surface area contributed by atoms with Gasteiger partial charge in [0.05, 0.1) is 6.61 Å². The summed E-state index contributed by atoms with van der Waals surface area (Å²) in [5.74, 6) is -0.651. The third-order valence-electron chi connectivity index (χ3n) is 12.1. The quantitative estimate of drug-likeness (QED) is 0.0321. The second kappa shape index (κ2) is 50.0. The van der Waals surface area contributed by atoms with Crippen LogP contribution in [0.15, 0.2) is 12.2 Å². The van der Waals surface area contributed by atoms with Gasteiger partial charge in [-0.1, -0.05) is 225 Å². The van der Waals surface area contributed by atoms with Crippen molar-refractivity contribution in [3.05, 3.63) is 12.2 Å². The molecule has 0 aromatic carbocycles. The number of allylic oxidation sites excluding steroid dienone is 2. The highest BCUT2D eigenvalue weighted by Crippen LogP contribution is 2.16. The van der Waals surface area contributed by atoms with Gasteiger partial charge in [0.25, 0.3) is 0 Å². The summed E-state index contributed by atoms with van der Waals surface area (Å²) < 4.78 is 5.48. The molecule has 0 amide bonds. The van der Waals surface area contributed by atoms with Gasteiger partial charge in [0.15, 0.2) is 0 Å². The van der Waals surface area contributed by atoms with E-state index in [1.54, 1.807) is 0 Å². The maximum absolute atomic E-state index is 12.1. The van der Waals surface area contributed by atoms with Crippen LogP contribution in [0.5, 0.6) is 0 Å². The number of carbonyl (C=O) groups is 2. The van der Waals surface area contributed by atoms with E-state index in [2.05, 4.69) is 24.4 Å². The third kappa shape index (κ3) is 49.0. The number of aliphatic carboxylic acids is 1. The maximum atomic E-state index is 12.1. The van der Waals surface area contributed by atoms with Crippen LogP contribution in [0, 0.1) is 0 Å². The number of carboxylic acid groups (broad SMARTS) is 1. The molecule has 0 aliphatic heterocycles. The van der Waals surface area contributed by atoms with Crippen molar-refractivity contribution in [2.24, 2.45) is 5.73 Å². The fourth-order valence-electron chi connectivity index (χ4n) is 8.17. The predicted octanol–water partition coefficient (Wildman–Crippen LogP) is 15.9. The molecule has 0 aliphatic carbocycles. The monoisotopic (exact) mass is 819 g/mol. The van der Waals surface area contributed by atoms with Crippen LogP contribution in [0.25, 0.3) is 0 Å². The van der Waals surface area contributed by atoms with Gasteiger partial charge in [0.1, 0.15) is 0 Å². The van der Waals surface area contributed by atoms with Gasteiger partial charge in [0.2, 0.25) is 0 Å². The van der Waals surface area contributed by atoms with Gasteiger partial charge in [-0.25, -0.2) is 0 Å². The Balaban J connectivity index is 3.30. The van der Waals surface area contributed by atoms with Crippen LogP contribution in [-0.2, 0) is 14.3 Å². The summed E-state index contributed by atoms with van der Waals surface area (Å²) in [5, 5.41) is 12.4. The minimum atomic E-state index is -0.661. The normalized spacial score (nSPS) is 12.2. The number of hydrogen-bond acceptors (Lipinski definition) is 5. The Bertz CT molecular complexity index is 849. The van der Waals surface area contributed by atoms with Gasteiger partial charge in [-0.15, -0.1) is 0 Å². The SMILES string of the molecule is CCCCCCCC/C=C\CCCCCCCCOC(=O)CCCCCCCCCCCCCCCNC(CN)CCCCCCCCCCCCCCCC(=O)O. The number of hydrogen-bond donors (Lipinski definition) is 3. The Kier molecular flexibility index (Phi) is 48.8. The molecule has 0 aliphatic rings. The minimum Gasteiger partial charge on any atom is -0.481 e. The van der Waals surface area contributed by atoms with E-state index < -0.39 is 5.97 Å². The summed E-state index contributed by atoms with van der Waals surface area (Å²) in [6.45, 7) is 4.76. The first-order chi connectivity index (χ1) is 28.6. The number of unbranched alkanes of at least 4 members (excludes halogenated alkanes) is 36. The molecule has 0 aromatic heterocycles. The number of rotatable bonds is 50. The smallest absolute Gasteiger partial charge is 0.305 e. The first-order valence-electron chi connectivity index (χ1n) is 26.1. The number of ether oxygens (including phenoxy) is 1. The first kappa shape index (κ1) is 56.6. The molecule has 4 N–H and O–H groups in total. The molecule has 344 valence electrons. The number of carbonyl (C=O) groups excluding carboxylic acids is 1. The molecule has 1 unspecified atom stereocenters. The lowest BCUT2D eigenvalue weighted by molar-refractivity contribution is -0.144. The van der Waals surface area contributed by atoms with Crippen molar-refractivity contribution in [3.8, 4) is 0 Å². The highest BCUT2D eigenvalue weighted by molar-refractivity contribution is 5.69. The number of nitrogens with one attached hydrogen (secondary N) is 1. The molecule has 0 heterocycles. The van der Waals surface area contributed by atoms with Crippen molar-refractivity contribution in [2.75, 3.05) is 19.7 Å². The van der Waals surface area contributed by atoms with Gasteiger partial charge < -0.3 is 20.9 Å². The van der Waals surface area contributed by atoms with Crippen molar-refractivity contribution in [2.45, 2.75) is 289 Å². The van der Waals surface area contributed by atoms with E-state index in [4.69, 9.17) is 15.6 Å². The van der Waals surface area contributed by atoms with Crippen LogP contribution in [0.2, 0.25) is 0 Å². The Morgan fingerprint density at radius 1 is 0.483 bits per heavy atom. The molecule has 0 radical (unpaired) electrons. The van der Waals surface area contributed by atoms with Crippen LogP contribution in [0.4, 0.5) is 0 Å². The van der Waals surface area contributed by atoms with Gasteiger partial charge in [-0.3, -0.25) is 9.59 Å². The Hall–Kier alpha value is -1.40. The molecule has 0 saturated heterocycles. The van der Waals surface area contributed by atoms with Gasteiger partial charge >= 0.3 is 11.9 Å². The van der Waals surface area contributed by atoms with Crippen molar-refractivity contribution < 1.29 is 19.4 Å². The van der Waals surface area contributed by atoms with Crippen LogP contribution in [0.3, 0.4) is 0 Å². The molecule has 0 bridgehead atoms. The van der Waals surface area contributed by atoms with Gasteiger partial charge in [-0.2, -0.15) is 0 Å². The Labute approximate surface area is 362 Å². The van der Waals surface area contributed by atoms with Crippen molar-refractivity contribution >= 4 is 11.9 Å². The Morgan fingerprint density at radius 2 is 0.845 bits per heavy atom. The molecule has 0 aromatic rings. The summed E-state index contributed by atoms with van der Waals surface area (Å²) in [5.41, 5.74) is 6.06. The maximum Gasteiger partial charge on any atom is 0.305 e. The number of nitrogens with two attached hydrogens (primary N) is 1. The van der Waals surface area contributed by atoms with Gasteiger partial charge in [0, 0.05) is 25.4 Å². The second-order valence-corrected chi connectivity index (χ2v) is 17.9. The molecule has 0 rings (SSSR count).